The van der Waals surface area contributed by atoms with Crippen molar-refractivity contribution >= 4 is 10.9 Å². The summed E-state index contributed by atoms with van der Waals surface area (Å²) in [4.78, 5) is 17.2. The Bertz CT molecular complexity index is 873. The van der Waals surface area contributed by atoms with Crippen molar-refractivity contribution in [2.75, 3.05) is 0 Å². The lowest BCUT2D eigenvalue weighted by Crippen LogP contribution is -2.25. The molecular formula is C18H14N2O. The van der Waals surface area contributed by atoms with Gasteiger partial charge in [-0.05, 0) is 17.7 Å². The van der Waals surface area contributed by atoms with Crippen LogP contribution in [0.25, 0.3) is 10.9 Å². The highest BCUT2D eigenvalue weighted by molar-refractivity contribution is 5.77. The first-order valence-electron chi connectivity index (χ1n) is 6.75. The zero-order chi connectivity index (χ0) is 14.7. The molecule has 0 radical (unpaired) electrons. The fourth-order valence-electron chi connectivity index (χ4n) is 2.38. The number of rotatable bonds is 3. The molecule has 3 heteroatoms. The Morgan fingerprint density at radius 1 is 1.05 bits per heavy atom. The fourth-order valence-corrected chi connectivity index (χ4v) is 2.38. The molecule has 1 aromatic heterocycles. The summed E-state index contributed by atoms with van der Waals surface area (Å²) in [5.41, 5.74) is 1.73. The van der Waals surface area contributed by atoms with E-state index in [-0.39, 0.29) is 12.1 Å². The van der Waals surface area contributed by atoms with Crippen molar-refractivity contribution in [2.24, 2.45) is 0 Å². The molecule has 1 heterocycles. The van der Waals surface area contributed by atoms with E-state index < -0.39 is 0 Å². The Kier molecular flexibility index (Phi) is 3.53. The lowest BCUT2D eigenvalue weighted by atomic mass is 10.1. The molecule has 102 valence electrons. The highest BCUT2D eigenvalue weighted by Crippen LogP contribution is 2.11. The largest absolute Gasteiger partial charge is 0.284 e. The molecule has 3 aromatic rings. The zero-order valence-corrected chi connectivity index (χ0v) is 11.5. The van der Waals surface area contributed by atoms with E-state index in [1.165, 1.54) is 0 Å². The first kappa shape index (κ1) is 13.1. The predicted molar refractivity (Wildman–Crippen MR) is 84.1 cm³/mol. The molecule has 0 aliphatic carbocycles. The van der Waals surface area contributed by atoms with Crippen LogP contribution in [0.15, 0.2) is 59.4 Å². The molecule has 3 rings (SSSR count). The first-order chi connectivity index (χ1) is 10.3. The number of benzene rings is 2. The van der Waals surface area contributed by atoms with Gasteiger partial charge in [-0.2, -0.15) is 0 Å². The van der Waals surface area contributed by atoms with Gasteiger partial charge in [-0.3, -0.25) is 9.36 Å². The van der Waals surface area contributed by atoms with Crippen LogP contribution >= 0.6 is 0 Å². The number of hydrogen-bond acceptors (Lipinski definition) is 2. The van der Waals surface area contributed by atoms with Crippen molar-refractivity contribution in [2.45, 2.75) is 13.0 Å². The van der Waals surface area contributed by atoms with Crippen molar-refractivity contribution < 1.29 is 0 Å². The maximum atomic E-state index is 12.6. The summed E-state index contributed by atoms with van der Waals surface area (Å²) in [5.74, 6) is 3.24. The third kappa shape index (κ3) is 2.56. The van der Waals surface area contributed by atoms with Crippen LogP contribution in [0.5, 0.6) is 0 Å². The van der Waals surface area contributed by atoms with Gasteiger partial charge in [0.1, 0.15) is 5.82 Å². The number of hydrogen-bond donors (Lipinski definition) is 0. The van der Waals surface area contributed by atoms with E-state index in [2.05, 4.69) is 10.9 Å². The number of aromatic nitrogens is 2. The lowest BCUT2D eigenvalue weighted by molar-refractivity contribution is 0.719. The van der Waals surface area contributed by atoms with Crippen LogP contribution < -0.4 is 5.56 Å². The number of nitrogens with zero attached hydrogens (tertiary/aromatic N) is 2. The summed E-state index contributed by atoms with van der Waals surface area (Å²) < 4.78 is 1.58. The Morgan fingerprint density at radius 2 is 1.76 bits per heavy atom. The first-order valence-corrected chi connectivity index (χ1v) is 6.75. The smallest absolute Gasteiger partial charge is 0.262 e. The predicted octanol–water partition coefficient (Wildman–Crippen LogP) is 2.62. The number of para-hydroxylation sites is 1. The Balaban J connectivity index is 2.18. The molecular weight excluding hydrogens is 260 g/mol. The lowest BCUT2D eigenvalue weighted by Gasteiger charge is -2.11. The van der Waals surface area contributed by atoms with E-state index in [0.717, 1.165) is 5.56 Å². The molecule has 0 bridgehead atoms. The Labute approximate surface area is 122 Å². The molecule has 0 saturated carbocycles. The van der Waals surface area contributed by atoms with Gasteiger partial charge in [0.05, 0.1) is 17.4 Å². The van der Waals surface area contributed by atoms with Crippen LogP contribution in [0.1, 0.15) is 11.4 Å². The standard InChI is InChI=1S/C18H14N2O/c1-2-12-20-17(13-14-8-4-3-5-9-14)19-16-11-7-6-10-15(16)18(20)21/h1,3-11H,12-13H2. The highest BCUT2D eigenvalue weighted by atomic mass is 16.1. The summed E-state index contributed by atoms with van der Waals surface area (Å²) in [6, 6.07) is 17.3. The van der Waals surface area contributed by atoms with Crippen LogP contribution in [0.3, 0.4) is 0 Å². The maximum Gasteiger partial charge on any atom is 0.262 e. The molecule has 0 saturated heterocycles. The van der Waals surface area contributed by atoms with Crippen LogP contribution in [0.4, 0.5) is 0 Å². The summed E-state index contributed by atoms with van der Waals surface area (Å²) in [6.45, 7) is 0.235. The normalized spacial score (nSPS) is 10.4. The van der Waals surface area contributed by atoms with E-state index in [1.54, 1.807) is 10.6 Å². The summed E-state index contributed by atoms with van der Waals surface area (Å²) in [7, 11) is 0. The van der Waals surface area contributed by atoms with Gasteiger partial charge in [0.15, 0.2) is 0 Å². The fraction of sp³-hybridized carbons (Fsp3) is 0.111. The minimum Gasteiger partial charge on any atom is -0.284 e. The second kappa shape index (κ2) is 5.64. The second-order valence-electron chi connectivity index (χ2n) is 4.80. The molecule has 0 N–H and O–H groups in total. The van der Waals surface area contributed by atoms with Gasteiger partial charge in [0.25, 0.3) is 5.56 Å². The molecule has 0 atom stereocenters. The van der Waals surface area contributed by atoms with E-state index in [4.69, 9.17) is 6.42 Å². The number of fused-ring (bicyclic) bond motifs is 1. The molecule has 3 nitrogen and oxygen atoms in total. The Morgan fingerprint density at radius 3 is 2.52 bits per heavy atom. The van der Waals surface area contributed by atoms with Gasteiger partial charge in [-0.15, -0.1) is 6.42 Å². The van der Waals surface area contributed by atoms with Crippen molar-refractivity contribution in [1.82, 2.24) is 9.55 Å². The van der Waals surface area contributed by atoms with Crippen molar-refractivity contribution in [1.29, 1.82) is 0 Å². The molecule has 0 aliphatic heterocycles. The van der Waals surface area contributed by atoms with Gasteiger partial charge < -0.3 is 0 Å². The molecule has 21 heavy (non-hydrogen) atoms. The third-order valence-corrected chi connectivity index (χ3v) is 3.40. The van der Waals surface area contributed by atoms with Crippen molar-refractivity contribution in [3.05, 3.63) is 76.3 Å². The minimum absolute atomic E-state index is 0.0792. The van der Waals surface area contributed by atoms with E-state index in [0.29, 0.717) is 23.1 Å². The minimum atomic E-state index is -0.0792. The molecule has 0 unspecified atom stereocenters. The molecule has 0 spiro atoms. The molecule has 0 aliphatic rings. The monoisotopic (exact) mass is 274 g/mol. The van der Waals surface area contributed by atoms with Gasteiger partial charge >= 0.3 is 0 Å². The van der Waals surface area contributed by atoms with Crippen LogP contribution in [0.2, 0.25) is 0 Å². The maximum absolute atomic E-state index is 12.6. The summed E-state index contributed by atoms with van der Waals surface area (Å²) in [5, 5.41) is 0.601. The average Bonchev–Trinajstić information content (AvgIpc) is 2.52. The Hall–Kier alpha value is -2.86. The van der Waals surface area contributed by atoms with Gasteiger partial charge in [0, 0.05) is 6.42 Å². The molecule has 0 fully saturated rings. The van der Waals surface area contributed by atoms with Crippen molar-refractivity contribution in [3.63, 3.8) is 0 Å². The topological polar surface area (TPSA) is 34.9 Å². The van der Waals surface area contributed by atoms with E-state index in [9.17, 15) is 4.79 Å². The van der Waals surface area contributed by atoms with Crippen LogP contribution in [-0.2, 0) is 13.0 Å². The zero-order valence-electron chi connectivity index (χ0n) is 11.5. The summed E-state index contributed by atoms with van der Waals surface area (Å²) in [6.07, 6.45) is 5.98. The van der Waals surface area contributed by atoms with E-state index in [1.807, 2.05) is 48.5 Å². The van der Waals surface area contributed by atoms with Crippen LogP contribution in [0, 0.1) is 12.3 Å². The number of terminal acetylenes is 1. The second-order valence-corrected chi connectivity index (χ2v) is 4.80. The van der Waals surface area contributed by atoms with Gasteiger partial charge in [-0.1, -0.05) is 48.4 Å². The van der Waals surface area contributed by atoms with Crippen molar-refractivity contribution in [3.8, 4) is 12.3 Å². The molecule has 2 aromatic carbocycles. The molecule has 0 amide bonds. The van der Waals surface area contributed by atoms with Gasteiger partial charge in [-0.25, -0.2) is 4.98 Å². The summed E-state index contributed by atoms with van der Waals surface area (Å²) >= 11 is 0. The average molecular weight is 274 g/mol. The highest BCUT2D eigenvalue weighted by Gasteiger charge is 2.10. The van der Waals surface area contributed by atoms with Crippen LogP contribution in [-0.4, -0.2) is 9.55 Å². The third-order valence-electron chi connectivity index (χ3n) is 3.40. The van der Waals surface area contributed by atoms with E-state index >= 15 is 0 Å². The van der Waals surface area contributed by atoms with Gasteiger partial charge in [0.2, 0.25) is 0 Å². The quantitative estimate of drug-likeness (QED) is 0.688. The SMILES string of the molecule is C#CCn1c(Cc2ccccc2)nc2ccccc2c1=O.